The van der Waals surface area contributed by atoms with Crippen LogP contribution in [-0.2, 0) is 4.79 Å². The van der Waals surface area contributed by atoms with Crippen molar-refractivity contribution in [1.29, 1.82) is 0 Å². The van der Waals surface area contributed by atoms with E-state index in [2.05, 4.69) is 19.8 Å². The van der Waals surface area contributed by atoms with Crippen LogP contribution in [0, 0.1) is 11.8 Å². The average molecular weight is 433 g/mol. The number of halogens is 1. The molecule has 3 heterocycles. The second kappa shape index (κ2) is 10.8. The Bertz CT molecular complexity index is 696. The van der Waals surface area contributed by atoms with Gasteiger partial charge in [-0.2, -0.15) is 0 Å². The first-order chi connectivity index (χ1) is 14.7. The molecule has 0 radical (unpaired) electrons. The maximum absolute atomic E-state index is 13.2. The molecule has 4 rings (SSSR count). The SMILES string of the molecule is O=C(C1CC1)N1CCCCCCCCCC[C@H]2CC[C@@H]1CN(c1ccnc(Cl)n1)C2. The molecule has 2 aliphatic heterocycles. The highest BCUT2D eigenvalue weighted by atomic mass is 35.5. The molecule has 2 atom stereocenters. The van der Waals surface area contributed by atoms with Gasteiger partial charge in [0.15, 0.2) is 0 Å². The topological polar surface area (TPSA) is 49.3 Å². The zero-order valence-electron chi connectivity index (χ0n) is 18.3. The summed E-state index contributed by atoms with van der Waals surface area (Å²) in [5.41, 5.74) is 0. The molecule has 5 nitrogen and oxygen atoms in total. The number of nitrogens with zero attached hydrogens (tertiary/aromatic N) is 4. The van der Waals surface area contributed by atoms with Gasteiger partial charge in [-0.25, -0.2) is 9.97 Å². The molecule has 0 aromatic carbocycles. The minimum absolute atomic E-state index is 0.280. The van der Waals surface area contributed by atoms with Crippen LogP contribution in [0.4, 0.5) is 5.82 Å². The molecule has 1 aromatic rings. The molecular formula is C24H37ClN4O. The lowest BCUT2D eigenvalue weighted by molar-refractivity contribution is -0.135. The van der Waals surface area contributed by atoms with Crippen LogP contribution in [0.1, 0.15) is 83.5 Å². The number of rotatable bonds is 2. The van der Waals surface area contributed by atoms with Crippen LogP contribution in [0.25, 0.3) is 0 Å². The average Bonchev–Trinajstić information content (AvgIpc) is 3.59. The zero-order valence-corrected chi connectivity index (χ0v) is 19.0. The number of amides is 1. The van der Waals surface area contributed by atoms with Gasteiger partial charge in [-0.05, 0) is 62.1 Å². The van der Waals surface area contributed by atoms with E-state index >= 15 is 0 Å². The van der Waals surface area contributed by atoms with Gasteiger partial charge in [-0.1, -0.05) is 44.9 Å². The van der Waals surface area contributed by atoms with E-state index in [1.54, 1.807) is 6.20 Å². The fourth-order valence-corrected chi connectivity index (χ4v) is 5.39. The Morgan fingerprint density at radius 2 is 1.63 bits per heavy atom. The van der Waals surface area contributed by atoms with Crippen molar-refractivity contribution in [1.82, 2.24) is 14.9 Å². The third kappa shape index (κ3) is 6.09. The minimum atomic E-state index is 0.280. The summed E-state index contributed by atoms with van der Waals surface area (Å²) >= 11 is 6.12. The standard InChI is InChI=1S/C24H37ClN4O/c25-24-26-15-14-22(27-24)28-17-19-9-7-5-3-1-2-4-6-8-16-29(21(18-28)13-10-19)23(30)20-11-12-20/h14-15,19-21H,1-13,16-18H2/t19-,21+/m0/s1. The number of aromatic nitrogens is 2. The number of carbonyl (C=O) groups is 1. The van der Waals surface area contributed by atoms with Crippen molar-refractivity contribution in [3.05, 3.63) is 17.5 Å². The number of carbonyl (C=O) groups excluding carboxylic acids is 1. The van der Waals surface area contributed by atoms with E-state index in [4.69, 9.17) is 11.6 Å². The lowest BCUT2D eigenvalue weighted by Crippen LogP contribution is -2.47. The Kier molecular flexibility index (Phi) is 7.86. The number of hydrogen-bond donors (Lipinski definition) is 0. The molecule has 1 aliphatic carbocycles. The van der Waals surface area contributed by atoms with Crippen molar-refractivity contribution < 1.29 is 4.79 Å². The van der Waals surface area contributed by atoms with Crippen LogP contribution in [-0.4, -0.2) is 46.5 Å². The highest BCUT2D eigenvalue weighted by Gasteiger charge is 2.38. The van der Waals surface area contributed by atoms with Crippen molar-refractivity contribution in [2.24, 2.45) is 11.8 Å². The molecular weight excluding hydrogens is 396 g/mol. The quantitative estimate of drug-likeness (QED) is 0.580. The third-order valence-corrected chi connectivity index (χ3v) is 7.35. The molecule has 1 amide bonds. The Balaban J connectivity index is 1.56. The van der Waals surface area contributed by atoms with E-state index in [1.165, 1.54) is 57.8 Å². The van der Waals surface area contributed by atoms with Crippen molar-refractivity contribution in [3.63, 3.8) is 0 Å². The molecule has 3 aliphatic rings. The number of hydrogen-bond acceptors (Lipinski definition) is 4. The van der Waals surface area contributed by atoms with Gasteiger partial charge in [0.1, 0.15) is 5.82 Å². The first kappa shape index (κ1) is 21.9. The molecule has 0 spiro atoms. The van der Waals surface area contributed by atoms with Gasteiger partial charge in [0.25, 0.3) is 0 Å². The first-order valence-corrected chi connectivity index (χ1v) is 12.6. The Labute approximate surface area is 186 Å². The van der Waals surface area contributed by atoms with E-state index in [0.717, 1.165) is 51.1 Å². The number of anilines is 1. The molecule has 0 unspecified atom stereocenters. The highest BCUT2D eigenvalue weighted by Crippen LogP contribution is 2.34. The predicted octanol–water partition coefficient (Wildman–Crippen LogP) is 5.48. The van der Waals surface area contributed by atoms with E-state index < -0.39 is 0 Å². The van der Waals surface area contributed by atoms with Gasteiger partial charge in [0, 0.05) is 37.8 Å². The van der Waals surface area contributed by atoms with E-state index in [9.17, 15) is 4.79 Å². The van der Waals surface area contributed by atoms with E-state index in [1.807, 2.05) is 6.07 Å². The van der Waals surface area contributed by atoms with Crippen LogP contribution in [0.2, 0.25) is 5.28 Å². The van der Waals surface area contributed by atoms with Crippen LogP contribution >= 0.6 is 11.6 Å². The number of fused-ring (bicyclic) bond motifs is 3. The molecule has 1 saturated carbocycles. The normalized spacial score (nSPS) is 27.2. The fraction of sp³-hybridized carbons (Fsp3) is 0.792. The molecule has 1 aromatic heterocycles. The molecule has 0 N–H and O–H groups in total. The van der Waals surface area contributed by atoms with Gasteiger partial charge in [0.2, 0.25) is 11.2 Å². The van der Waals surface area contributed by atoms with Gasteiger partial charge in [-0.15, -0.1) is 0 Å². The largest absolute Gasteiger partial charge is 0.354 e. The van der Waals surface area contributed by atoms with Crippen molar-refractivity contribution in [2.75, 3.05) is 24.5 Å². The molecule has 2 bridgehead atoms. The summed E-state index contributed by atoms with van der Waals surface area (Å²) in [7, 11) is 0. The third-order valence-electron chi connectivity index (χ3n) is 7.17. The van der Waals surface area contributed by atoms with Crippen molar-refractivity contribution in [3.8, 4) is 0 Å². The lowest BCUT2D eigenvalue weighted by atomic mass is 9.94. The van der Waals surface area contributed by atoms with Crippen molar-refractivity contribution in [2.45, 2.75) is 89.5 Å². The van der Waals surface area contributed by atoms with Crippen LogP contribution in [0.3, 0.4) is 0 Å². The van der Waals surface area contributed by atoms with Crippen LogP contribution in [0.5, 0.6) is 0 Å². The maximum atomic E-state index is 13.2. The van der Waals surface area contributed by atoms with E-state index in [0.29, 0.717) is 17.1 Å². The molecule has 6 heteroatoms. The maximum Gasteiger partial charge on any atom is 0.225 e. The summed E-state index contributed by atoms with van der Waals surface area (Å²) < 4.78 is 0. The van der Waals surface area contributed by atoms with Crippen LogP contribution in [0.15, 0.2) is 12.3 Å². The van der Waals surface area contributed by atoms with Crippen molar-refractivity contribution >= 4 is 23.3 Å². The summed E-state index contributed by atoms with van der Waals surface area (Å²) in [5, 5.41) is 0.304. The Morgan fingerprint density at radius 3 is 2.37 bits per heavy atom. The monoisotopic (exact) mass is 432 g/mol. The first-order valence-electron chi connectivity index (χ1n) is 12.2. The summed E-state index contributed by atoms with van der Waals surface area (Å²) in [6.45, 7) is 2.79. The van der Waals surface area contributed by atoms with Crippen LogP contribution < -0.4 is 4.90 Å². The molecule has 166 valence electrons. The van der Waals surface area contributed by atoms with Gasteiger partial charge < -0.3 is 9.80 Å². The summed E-state index contributed by atoms with van der Waals surface area (Å²) in [4.78, 5) is 26.4. The van der Waals surface area contributed by atoms with Gasteiger partial charge in [-0.3, -0.25) is 4.79 Å². The molecule has 3 fully saturated rings. The fourth-order valence-electron chi connectivity index (χ4n) is 5.24. The zero-order chi connectivity index (χ0) is 20.8. The summed E-state index contributed by atoms with van der Waals surface area (Å²) in [6.07, 6.45) is 17.9. The smallest absolute Gasteiger partial charge is 0.225 e. The lowest BCUT2D eigenvalue weighted by Gasteiger charge is -2.35. The summed E-state index contributed by atoms with van der Waals surface area (Å²) in [5.74, 6) is 2.26. The molecule has 30 heavy (non-hydrogen) atoms. The highest BCUT2D eigenvalue weighted by molar-refractivity contribution is 6.28. The Morgan fingerprint density at radius 1 is 0.900 bits per heavy atom. The predicted molar refractivity (Wildman–Crippen MR) is 122 cm³/mol. The van der Waals surface area contributed by atoms with E-state index in [-0.39, 0.29) is 12.0 Å². The van der Waals surface area contributed by atoms with Gasteiger partial charge >= 0.3 is 0 Å². The second-order valence-corrected chi connectivity index (χ2v) is 9.95. The van der Waals surface area contributed by atoms with Gasteiger partial charge in [0.05, 0.1) is 0 Å². The summed E-state index contributed by atoms with van der Waals surface area (Å²) in [6, 6.07) is 2.25. The minimum Gasteiger partial charge on any atom is -0.354 e. The second-order valence-electron chi connectivity index (χ2n) is 9.61. The Hall–Kier alpha value is -1.36. The molecule has 2 saturated heterocycles.